The maximum Gasteiger partial charge on any atom is 0.260 e. The van der Waals surface area contributed by atoms with E-state index in [1.54, 1.807) is 37.3 Å². The monoisotopic (exact) mass is 399 g/mol. The minimum absolute atomic E-state index is 0.0984. The summed E-state index contributed by atoms with van der Waals surface area (Å²) in [7, 11) is 7.19. The third-order valence-corrected chi connectivity index (χ3v) is 5.44. The van der Waals surface area contributed by atoms with Gasteiger partial charge in [0.15, 0.2) is 16.6 Å². The van der Waals surface area contributed by atoms with Crippen LogP contribution in [0.15, 0.2) is 42.5 Å². The SMILES string of the molecule is COc1ccc(C(=O)N(CCCN(C)C)c2nc3ccccc3s2)cc1OC. The molecule has 0 aliphatic heterocycles. The first-order valence-corrected chi connectivity index (χ1v) is 9.89. The van der Waals surface area contributed by atoms with Gasteiger partial charge in [-0.05, 0) is 57.4 Å². The highest BCUT2D eigenvalue weighted by Gasteiger charge is 2.22. The van der Waals surface area contributed by atoms with Crippen LogP contribution in [-0.2, 0) is 0 Å². The Kier molecular flexibility index (Phi) is 6.49. The molecule has 0 unspecified atom stereocenters. The number of carbonyl (C=O) groups excluding carboxylic acids is 1. The Hall–Kier alpha value is -2.64. The van der Waals surface area contributed by atoms with E-state index in [-0.39, 0.29) is 5.91 Å². The molecule has 0 fully saturated rings. The molecule has 0 radical (unpaired) electrons. The molecule has 6 nitrogen and oxygen atoms in total. The molecule has 0 aliphatic carbocycles. The summed E-state index contributed by atoms with van der Waals surface area (Å²) in [5, 5.41) is 0.708. The molecule has 28 heavy (non-hydrogen) atoms. The summed E-state index contributed by atoms with van der Waals surface area (Å²) >= 11 is 1.53. The number of ether oxygens (including phenoxy) is 2. The predicted molar refractivity (Wildman–Crippen MR) is 114 cm³/mol. The lowest BCUT2D eigenvalue weighted by molar-refractivity contribution is 0.0985. The molecule has 148 valence electrons. The number of hydrogen-bond acceptors (Lipinski definition) is 6. The summed E-state index contributed by atoms with van der Waals surface area (Å²) in [4.78, 5) is 21.9. The minimum atomic E-state index is -0.0984. The van der Waals surface area contributed by atoms with Gasteiger partial charge in [0.25, 0.3) is 5.91 Å². The molecule has 0 bridgehead atoms. The van der Waals surface area contributed by atoms with Gasteiger partial charge >= 0.3 is 0 Å². The fraction of sp³-hybridized carbons (Fsp3) is 0.333. The molecule has 1 amide bonds. The Balaban J connectivity index is 1.94. The van der Waals surface area contributed by atoms with Crippen molar-refractivity contribution in [3.8, 4) is 11.5 Å². The lowest BCUT2D eigenvalue weighted by Gasteiger charge is -2.21. The largest absolute Gasteiger partial charge is 0.493 e. The zero-order valence-electron chi connectivity index (χ0n) is 16.6. The summed E-state index contributed by atoms with van der Waals surface area (Å²) in [6, 6.07) is 13.2. The molecule has 3 rings (SSSR count). The van der Waals surface area contributed by atoms with Gasteiger partial charge in [-0.2, -0.15) is 0 Å². The number of methoxy groups -OCH3 is 2. The molecular formula is C21H25N3O3S. The molecule has 3 aromatic rings. The fourth-order valence-corrected chi connectivity index (χ4v) is 3.92. The number of thiazole rings is 1. The van der Waals surface area contributed by atoms with E-state index in [1.165, 1.54) is 11.3 Å². The van der Waals surface area contributed by atoms with Crippen LogP contribution >= 0.6 is 11.3 Å². The van der Waals surface area contributed by atoms with Gasteiger partial charge in [0.1, 0.15) is 0 Å². The molecular weight excluding hydrogens is 374 g/mol. The van der Waals surface area contributed by atoms with Gasteiger partial charge in [0.05, 0.1) is 24.4 Å². The van der Waals surface area contributed by atoms with E-state index in [0.29, 0.717) is 28.7 Å². The zero-order chi connectivity index (χ0) is 20.1. The number of para-hydroxylation sites is 1. The Morgan fingerprint density at radius 3 is 2.46 bits per heavy atom. The standard InChI is InChI=1S/C21H25N3O3S/c1-23(2)12-7-13-24(21-22-16-8-5-6-9-19(16)28-21)20(25)15-10-11-17(26-3)18(14-15)27-4/h5-6,8-11,14H,7,12-13H2,1-4H3. The molecule has 2 aromatic carbocycles. The van der Waals surface area contributed by atoms with Gasteiger partial charge < -0.3 is 14.4 Å². The van der Waals surface area contributed by atoms with Crippen molar-refractivity contribution < 1.29 is 14.3 Å². The maximum atomic E-state index is 13.3. The number of aromatic nitrogens is 1. The van der Waals surface area contributed by atoms with Crippen LogP contribution < -0.4 is 14.4 Å². The molecule has 0 saturated heterocycles. The average Bonchev–Trinajstić information content (AvgIpc) is 3.13. The van der Waals surface area contributed by atoms with Crippen molar-refractivity contribution in [1.82, 2.24) is 9.88 Å². The Bertz CT molecular complexity index is 922. The average molecular weight is 400 g/mol. The van der Waals surface area contributed by atoms with Crippen LogP contribution in [0.2, 0.25) is 0 Å². The number of benzene rings is 2. The van der Waals surface area contributed by atoms with Crippen LogP contribution in [0.25, 0.3) is 10.2 Å². The first-order chi connectivity index (χ1) is 13.5. The maximum absolute atomic E-state index is 13.3. The fourth-order valence-electron chi connectivity index (χ4n) is 2.93. The second-order valence-electron chi connectivity index (χ2n) is 6.65. The van der Waals surface area contributed by atoms with Crippen molar-refractivity contribution in [1.29, 1.82) is 0 Å². The molecule has 0 spiro atoms. The summed E-state index contributed by atoms with van der Waals surface area (Å²) < 4.78 is 11.7. The van der Waals surface area contributed by atoms with Crippen molar-refractivity contribution in [2.75, 3.05) is 46.3 Å². The highest BCUT2D eigenvalue weighted by atomic mass is 32.1. The Labute approximate surface area is 169 Å². The van der Waals surface area contributed by atoms with Crippen molar-refractivity contribution in [2.45, 2.75) is 6.42 Å². The first-order valence-electron chi connectivity index (χ1n) is 9.07. The predicted octanol–water partition coefficient (Wildman–Crippen LogP) is 3.91. The molecule has 0 aliphatic rings. The van der Waals surface area contributed by atoms with Crippen molar-refractivity contribution in [3.05, 3.63) is 48.0 Å². The quantitative estimate of drug-likeness (QED) is 0.575. The second kappa shape index (κ2) is 9.03. The number of rotatable bonds is 8. The van der Waals surface area contributed by atoms with E-state index < -0.39 is 0 Å². The highest BCUT2D eigenvalue weighted by molar-refractivity contribution is 7.22. The van der Waals surface area contributed by atoms with E-state index in [0.717, 1.165) is 23.2 Å². The smallest absolute Gasteiger partial charge is 0.260 e. The van der Waals surface area contributed by atoms with Crippen LogP contribution in [0, 0.1) is 0 Å². The van der Waals surface area contributed by atoms with Gasteiger partial charge in [0.2, 0.25) is 0 Å². The summed E-state index contributed by atoms with van der Waals surface area (Å²) in [6.07, 6.45) is 0.849. The van der Waals surface area contributed by atoms with E-state index in [9.17, 15) is 4.79 Å². The van der Waals surface area contributed by atoms with Crippen LogP contribution in [0.4, 0.5) is 5.13 Å². The normalized spacial score (nSPS) is 11.0. The van der Waals surface area contributed by atoms with E-state index in [1.807, 2.05) is 38.4 Å². The van der Waals surface area contributed by atoms with Crippen LogP contribution in [-0.4, -0.2) is 57.2 Å². The Morgan fingerprint density at radius 2 is 1.79 bits per heavy atom. The topological polar surface area (TPSA) is 54.9 Å². The third kappa shape index (κ3) is 4.43. The first kappa shape index (κ1) is 20.1. The number of hydrogen-bond donors (Lipinski definition) is 0. The van der Waals surface area contributed by atoms with E-state index in [2.05, 4.69) is 9.88 Å². The van der Waals surface area contributed by atoms with Crippen molar-refractivity contribution in [3.63, 3.8) is 0 Å². The number of fused-ring (bicyclic) bond motifs is 1. The summed E-state index contributed by atoms with van der Waals surface area (Å²) in [6.45, 7) is 1.48. The van der Waals surface area contributed by atoms with Crippen molar-refractivity contribution in [2.24, 2.45) is 0 Å². The molecule has 7 heteroatoms. The van der Waals surface area contributed by atoms with Gasteiger partial charge in [0, 0.05) is 12.1 Å². The summed E-state index contributed by atoms with van der Waals surface area (Å²) in [5.41, 5.74) is 1.45. The zero-order valence-corrected chi connectivity index (χ0v) is 17.5. The van der Waals surface area contributed by atoms with Gasteiger partial charge in [-0.25, -0.2) is 4.98 Å². The highest BCUT2D eigenvalue weighted by Crippen LogP contribution is 2.32. The van der Waals surface area contributed by atoms with Gasteiger partial charge in [-0.15, -0.1) is 0 Å². The molecule has 0 atom stereocenters. The number of amides is 1. The summed E-state index contributed by atoms with van der Waals surface area (Å²) in [5.74, 6) is 1.03. The minimum Gasteiger partial charge on any atom is -0.493 e. The lowest BCUT2D eigenvalue weighted by atomic mass is 10.1. The molecule has 0 saturated carbocycles. The molecule has 1 heterocycles. The van der Waals surface area contributed by atoms with Crippen LogP contribution in [0.5, 0.6) is 11.5 Å². The lowest BCUT2D eigenvalue weighted by Crippen LogP contribution is -2.33. The number of nitrogens with zero attached hydrogens (tertiary/aromatic N) is 3. The number of carbonyl (C=O) groups is 1. The molecule has 1 aromatic heterocycles. The van der Waals surface area contributed by atoms with E-state index in [4.69, 9.17) is 9.47 Å². The van der Waals surface area contributed by atoms with E-state index >= 15 is 0 Å². The third-order valence-electron chi connectivity index (χ3n) is 4.38. The Morgan fingerprint density at radius 1 is 1.04 bits per heavy atom. The second-order valence-corrected chi connectivity index (χ2v) is 7.66. The van der Waals surface area contributed by atoms with Crippen molar-refractivity contribution >= 4 is 32.6 Å². The van der Waals surface area contributed by atoms with Crippen LogP contribution in [0.3, 0.4) is 0 Å². The van der Waals surface area contributed by atoms with Gasteiger partial charge in [-0.1, -0.05) is 23.5 Å². The molecule has 0 N–H and O–H groups in total. The number of anilines is 1. The van der Waals surface area contributed by atoms with Gasteiger partial charge in [-0.3, -0.25) is 9.69 Å². The van der Waals surface area contributed by atoms with Crippen LogP contribution in [0.1, 0.15) is 16.8 Å².